The first-order valence-corrected chi connectivity index (χ1v) is 6.31. The van der Waals surface area contributed by atoms with Gasteiger partial charge in [-0.15, -0.1) is 0 Å². The summed E-state index contributed by atoms with van der Waals surface area (Å²) in [5.41, 5.74) is -0.194. The Morgan fingerprint density at radius 2 is 1.71 bits per heavy atom. The molecule has 0 aromatic carbocycles. The second-order valence-electron chi connectivity index (χ2n) is 4.62. The van der Waals surface area contributed by atoms with Gasteiger partial charge in [0.15, 0.2) is 0 Å². The number of hydrogen-bond donors (Lipinski definition) is 0. The summed E-state index contributed by atoms with van der Waals surface area (Å²) < 4.78 is 16.6. The van der Waals surface area contributed by atoms with Crippen LogP contribution in [0.5, 0.6) is 0 Å². The summed E-state index contributed by atoms with van der Waals surface area (Å²) in [7, 11) is 0.488. The van der Waals surface area contributed by atoms with Gasteiger partial charge in [0.1, 0.15) is 0 Å². The smallest absolute Gasteiger partial charge is 0.316 e. The van der Waals surface area contributed by atoms with E-state index in [-0.39, 0.29) is 5.60 Å². The van der Waals surface area contributed by atoms with Gasteiger partial charge in [0.05, 0.1) is 11.7 Å². The van der Waals surface area contributed by atoms with Crippen molar-refractivity contribution in [2.45, 2.75) is 58.2 Å². The highest BCUT2D eigenvalue weighted by molar-refractivity contribution is 7.41. The van der Waals surface area contributed by atoms with E-state index in [0.29, 0.717) is 6.10 Å². The maximum Gasteiger partial charge on any atom is 0.333 e. The van der Waals surface area contributed by atoms with Gasteiger partial charge in [-0.2, -0.15) is 0 Å². The van der Waals surface area contributed by atoms with Crippen LogP contribution in [0.4, 0.5) is 0 Å². The molecule has 3 nitrogen and oxygen atoms in total. The molecule has 84 valence electrons. The molecular formula is C10H21O3P. The molecule has 1 aliphatic carbocycles. The molecule has 0 radical (unpaired) electrons. The molecule has 0 aliphatic heterocycles. The minimum Gasteiger partial charge on any atom is -0.316 e. The molecule has 0 aromatic heterocycles. The van der Waals surface area contributed by atoms with Crippen LogP contribution in [0.25, 0.3) is 0 Å². The summed E-state index contributed by atoms with van der Waals surface area (Å²) in [5.74, 6) is 0. The van der Waals surface area contributed by atoms with Crippen LogP contribution in [-0.4, -0.2) is 18.8 Å². The zero-order chi connectivity index (χ0) is 10.6. The van der Waals surface area contributed by atoms with E-state index in [4.69, 9.17) is 13.6 Å². The minimum atomic E-state index is -1.16. The lowest BCUT2D eigenvalue weighted by Gasteiger charge is -2.26. The van der Waals surface area contributed by atoms with Crippen LogP contribution >= 0.6 is 8.60 Å². The van der Waals surface area contributed by atoms with Crippen LogP contribution in [0.3, 0.4) is 0 Å². The van der Waals surface area contributed by atoms with E-state index >= 15 is 0 Å². The van der Waals surface area contributed by atoms with Gasteiger partial charge in [0, 0.05) is 7.11 Å². The molecule has 0 bridgehead atoms. The zero-order valence-electron chi connectivity index (χ0n) is 9.58. The summed E-state index contributed by atoms with van der Waals surface area (Å²) in [5, 5.41) is 0. The Morgan fingerprint density at radius 3 is 2.14 bits per heavy atom. The third-order valence-electron chi connectivity index (χ3n) is 2.03. The van der Waals surface area contributed by atoms with E-state index in [1.54, 1.807) is 7.11 Å². The lowest BCUT2D eigenvalue weighted by Crippen LogP contribution is -2.18. The molecule has 0 spiro atoms. The van der Waals surface area contributed by atoms with Crippen LogP contribution in [-0.2, 0) is 13.6 Å². The Balaban J connectivity index is 2.30. The minimum absolute atomic E-state index is 0.194. The van der Waals surface area contributed by atoms with Gasteiger partial charge < -0.3 is 13.6 Å². The second kappa shape index (κ2) is 5.41. The molecule has 0 aromatic rings. The lowest BCUT2D eigenvalue weighted by atomic mass is 10.2. The topological polar surface area (TPSA) is 27.7 Å². The van der Waals surface area contributed by atoms with Crippen LogP contribution in [0.2, 0.25) is 0 Å². The molecule has 4 heteroatoms. The number of rotatable bonds is 4. The maximum absolute atomic E-state index is 5.76. The predicted octanol–water partition coefficient (Wildman–Crippen LogP) is 3.63. The zero-order valence-corrected chi connectivity index (χ0v) is 10.5. The molecule has 14 heavy (non-hydrogen) atoms. The summed E-state index contributed by atoms with van der Waals surface area (Å²) in [4.78, 5) is 0. The summed E-state index contributed by atoms with van der Waals surface area (Å²) >= 11 is 0. The molecule has 1 unspecified atom stereocenters. The van der Waals surface area contributed by atoms with Crippen molar-refractivity contribution < 1.29 is 13.6 Å². The quantitative estimate of drug-likeness (QED) is 0.677. The standard InChI is InChI=1S/C10H21O3P/c1-10(2,3)13-14(11-4)12-9-7-5-6-8-9/h9H,5-8H2,1-4H3. The molecule has 0 amide bonds. The van der Waals surface area contributed by atoms with Gasteiger partial charge in [0.2, 0.25) is 0 Å². The van der Waals surface area contributed by atoms with Crippen molar-refractivity contribution in [3.05, 3.63) is 0 Å². The fourth-order valence-electron chi connectivity index (χ4n) is 1.44. The van der Waals surface area contributed by atoms with E-state index in [2.05, 4.69) is 0 Å². The first-order chi connectivity index (χ1) is 6.51. The highest BCUT2D eigenvalue weighted by atomic mass is 31.2. The maximum atomic E-state index is 5.76. The average molecular weight is 220 g/mol. The summed E-state index contributed by atoms with van der Waals surface area (Å²) in [6.45, 7) is 6.04. The van der Waals surface area contributed by atoms with E-state index in [1.807, 2.05) is 20.8 Å². The van der Waals surface area contributed by atoms with Crippen molar-refractivity contribution in [1.82, 2.24) is 0 Å². The molecule has 1 saturated carbocycles. The molecule has 0 saturated heterocycles. The van der Waals surface area contributed by atoms with Crippen LogP contribution < -0.4 is 0 Å². The largest absolute Gasteiger partial charge is 0.333 e. The van der Waals surface area contributed by atoms with Gasteiger partial charge in [-0.3, -0.25) is 0 Å². The normalized spacial score (nSPS) is 21.4. The van der Waals surface area contributed by atoms with Crippen molar-refractivity contribution in [2.75, 3.05) is 7.11 Å². The molecular weight excluding hydrogens is 199 g/mol. The predicted molar refractivity (Wildman–Crippen MR) is 58.1 cm³/mol. The first-order valence-electron chi connectivity index (χ1n) is 5.21. The third kappa shape index (κ3) is 4.70. The Hall–Kier alpha value is 0.310. The van der Waals surface area contributed by atoms with E-state index in [1.165, 1.54) is 12.8 Å². The van der Waals surface area contributed by atoms with Gasteiger partial charge in [-0.05, 0) is 33.6 Å². The highest BCUT2D eigenvalue weighted by Crippen LogP contribution is 2.46. The summed E-state index contributed by atoms with van der Waals surface area (Å²) in [6.07, 6.45) is 5.19. The highest BCUT2D eigenvalue weighted by Gasteiger charge is 2.26. The average Bonchev–Trinajstić information content (AvgIpc) is 2.53. The number of hydrogen-bond acceptors (Lipinski definition) is 3. The van der Waals surface area contributed by atoms with Gasteiger partial charge in [0.25, 0.3) is 0 Å². The Labute approximate surface area is 88.1 Å². The van der Waals surface area contributed by atoms with Gasteiger partial charge in [-0.25, -0.2) is 0 Å². The fraction of sp³-hybridized carbons (Fsp3) is 1.00. The molecule has 1 fully saturated rings. The molecule has 0 heterocycles. The van der Waals surface area contributed by atoms with Crippen LogP contribution in [0.1, 0.15) is 46.5 Å². The molecule has 1 rings (SSSR count). The van der Waals surface area contributed by atoms with Crippen molar-refractivity contribution in [3.8, 4) is 0 Å². The Bertz CT molecular complexity index is 161. The van der Waals surface area contributed by atoms with E-state index < -0.39 is 8.60 Å². The van der Waals surface area contributed by atoms with Gasteiger partial charge >= 0.3 is 8.60 Å². The van der Waals surface area contributed by atoms with Crippen molar-refractivity contribution >= 4 is 8.60 Å². The van der Waals surface area contributed by atoms with Gasteiger partial charge in [-0.1, -0.05) is 12.8 Å². The van der Waals surface area contributed by atoms with E-state index in [9.17, 15) is 0 Å². The lowest BCUT2D eigenvalue weighted by molar-refractivity contribution is 0.0655. The monoisotopic (exact) mass is 220 g/mol. The van der Waals surface area contributed by atoms with Crippen LogP contribution in [0, 0.1) is 0 Å². The molecule has 1 aliphatic rings. The third-order valence-corrected chi connectivity index (χ3v) is 3.50. The fourth-order valence-corrected chi connectivity index (χ4v) is 2.55. The van der Waals surface area contributed by atoms with Crippen molar-refractivity contribution in [2.24, 2.45) is 0 Å². The first kappa shape index (κ1) is 12.4. The molecule has 0 N–H and O–H groups in total. The molecule has 1 atom stereocenters. The van der Waals surface area contributed by atoms with Crippen LogP contribution in [0.15, 0.2) is 0 Å². The van der Waals surface area contributed by atoms with Crippen molar-refractivity contribution in [1.29, 1.82) is 0 Å². The SMILES string of the molecule is COP(OC1CCCC1)OC(C)(C)C. The second-order valence-corrected chi connectivity index (χ2v) is 5.83. The Morgan fingerprint density at radius 1 is 1.14 bits per heavy atom. The van der Waals surface area contributed by atoms with E-state index in [0.717, 1.165) is 12.8 Å². The Kier molecular flexibility index (Phi) is 4.78. The summed E-state index contributed by atoms with van der Waals surface area (Å²) in [6, 6.07) is 0. The van der Waals surface area contributed by atoms with Crippen molar-refractivity contribution in [3.63, 3.8) is 0 Å².